The van der Waals surface area contributed by atoms with Crippen molar-refractivity contribution in [3.8, 4) is 0 Å². The summed E-state index contributed by atoms with van der Waals surface area (Å²) >= 11 is 0. The van der Waals surface area contributed by atoms with Crippen molar-refractivity contribution in [2.45, 2.75) is 25.2 Å². The summed E-state index contributed by atoms with van der Waals surface area (Å²) in [6.07, 6.45) is 0.0687. The van der Waals surface area contributed by atoms with Crippen LogP contribution in [0, 0.1) is 5.82 Å². The number of nitrogens with zero attached hydrogens (tertiary/aromatic N) is 1. The first-order valence-corrected chi connectivity index (χ1v) is 12.3. The zero-order valence-electron chi connectivity index (χ0n) is 18.9. The summed E-state index contributed by atoms with van der Waals surface area (Å²) in [5.41, 5.74) is 2.01. The number of anilines is 2. The van der Waals surface area contributed by atoms with Crippen LogP contribution in [0.2, 0.25) is 0 Å². The lowest BCUT2D eigenvalue weighted by molar-refractivity contribution is -0.115. The minimum absolute atomic E-state index is 0.0564. The maximum Gasteiger partial charge on any atom is 0.261 e. The molecular weight excluding hydrogens is 457 g/mol. The van der Waals surface area contributed by atoms with E-state index in [0.717, 1.165) is 12.1 Å². The maximum atomic E-state index is 13.0. The number of carbonyl (C=O) groups is 2. The Hall–Kier alpha value is -3.72. The van der Waals surface area contributed by atoms with E-state index in [-0.39, 0.29) is 23.1 Å². The van der Waals surface area contributed by atoms with Gasteiger partial charge in [-0.15, -0.1) is 0 Å². The summed E-state index contributed by atoms with van der Waals surface area (Å²) in [5, 5.41) is 2.79. The van der Waals surface area contributed by atoms with Crippen LogP contribution in [0.3, 0.4) is 0 Å². The van der Waals surface area contributed by atoms with E-state index < -0.39 is 15.8 Å². The van der Waals surface area contributed by atoms with Crippen molar-refractivity contribution in [1.82, 2.24) is 4.90 Å². The van der Waals surface area contributed by atoms with Gasteiger partial charge in [-0.2, -0.15) is 0 Å². The second-order valence-electron chi connectivity index (χ2n) is 7.54. The SMILES string of the molecule is CCN(CC)C(=O)c1cccc(NC(=O)Cc2ccc(NS(=O)(=O)c3ccc(F)cc3)cc2)c1. The van der Waals surface area contributed by atoms with Gasteiger partial charge in [0, 0.05) is 30.0 Å². The Morgan fingerprint density at radius 3 is 2.15 bits per heavy atom. The molecule has 0 radical (unpaired) electrons. The van der Waals surface area contributed by atoms with Gasteiger partial charge in [-0.3, -0.25) is 14.3 Å². The van der Waals surface area contributed by atoms with Gasteiger partial charge in [0.25, 0.3) is 15.9 Å². The van der Waals surface area contributed by atoms with Gasteiger partial charge in [0.2, 0.25) is 5.91 Å². The smallest absolute Gasteiger partial charge is 0.261 e. The largest absolute Gasteiger partial charge is 0.339 e. The highest BCUT2D eigenvalue weighted by atomic mass is 32.2. The lowest BCUT2D eigenvalue weighted by Crippen LogP contribution is -2.30. The maximum absolute atomic E-state index is 13.0. The molecule has 7 nitrogen and oxygen atoms in total. The normalized spacial score (nSPS) is 11.0. The van der Waals surface area contributed by atoms with E-state index in [2.05, 4.69) is 10.0 Å². The van der Waals surface area contributed by atoms with Gasteiger partial charge in [0.05, 0.1) is 11.3 Å². The van der Waals surface area contributed by atoms with Gasteiger partial charge in [0.15, 0.2) is 0 Å². The molecule has 0 aliphatic rings. The van der Waals surface area contributed by atoms with Crippen LogP contribution < -0.4 is 10.0 Å². The Morgan fingerprint density at radius 1 is 0.882 bits per heavy atom. The molecule has 3 aromatic carbocycles. The number of halogens is 1. The second-order valence-corrected chi connectivity index (χ2v) is 9.22. The molecular formula is C25H26FN3O4S. The highest BCUT2D eigenvalue weighted by Gasteiger charge is 2.15. The first-order chi connectivity index (χ1) is 16.2. The zero-order chi connectivity index (χ0) is 24.7. The molecule has 3 rings (SSSR count). The second kappa shape index (κ2) is 10.9. The Balaban J connectivity index is 1.61. The summed E-state index contributed by atoms with van der Waals surface area (Å²) in [4.78, 5) is 26.7. The van der Waals surface area contributed by atoms with Crippen LogP contribution in [0.5, 0.6) is 0 Å². The number of sulfonamides is 1. The Labute approximate surface area is 198 Å². The summed E-state index contributed by atoms with van der Waals surface area (Å²) in [6, 6.07) is 17.7. The van der Waals surface area contributed by atoms with Crippen LogP contribution >= 0.6 is 0 Å². The third-order valence-electron chi connectivity index (χ3n) is 5.14. The molecule has 0 aliphatic heterocycles. The van der Waals surface area contributed by atoms with E-state index >= 15 is 0 Å². The molecule has 0 atom stereocenters. The molecule has 0 saturated carbocycles. The Bertz CT molecular complexity index is 1260. The summed E-state index contributed by atoms with van der Waals surface area (Å²) < 4.78 is 40.3. The van der Waals surface area contributed by atoms with Crippen LogP contribution in [0.25, 0.3) is 0 Å². The van der Waals surface area contributed by atoms with Crippen LogP contribution in [0.4, 0.5) is 15.8 Å². The van der Waals surface area contributed by atoms with Crippen molar-refractivity contribution < 1.29 is 22.4 Å². The number of carbonyl (C=O) groups excluding carboxylic acids is 2. The topological polar surface area (TPSA) is 95.6 Å². The molecule has 2 amide bonds. The van der Waals surface area contributed by atoms with Crippen LogP contribution in [-0.4, -0.2) is 38.2 Å². The standard InChI is InChI=1S/C25H26FN3O4S/c1-3-29(4-2)25(31)19-6-5-7-22(17-19)27-24(30)16-18-8-12-21(13-9-18)28-34(32,33)23-14-10-20(26)11-15-23/h5-15,17,28H,3-4,16H2,1-2H3,(H,27,30). The van der Waals surface area contributed by atoms with Gasteiger partial charge in [-0.25, -0.2) is 12.8 Å². The fourth-order valence-electron chi connectivity index (χ4n) is 3.33. The highest BCUT2D eigenvalue weighted by Crippen LogP contribution is 2.18. The monoisotopic (exact) mass is 483 g/mol. The highest BCUT2D eigenvalue weighted by molar-refractivity contribution is 7.92. The molecule has 0 spiro atoms. The Kier molecular flexibility index (Phi) is 8.01. The van der Waals surface area contributed by atoms with Crippen molar-refractivity contribution in [3.05, 3.63) is 89.7 Å². The lowest BCUT2D eigenvalue weighted by atomic mass is 10.1. The molecule has 0 bridgehead atoms. The number of amides is 2. The minimum atomic E-state index is -3.85. The van der Waals surface area contributed by atoms with E-state index in [1.165, 1.54) is 12.1 Å². The average Bonchev–Trinajstić information content (AvgIpc) is 2.81. The zero-order valence-corrected chi connectivity index (χ0v) is 19.7. The van der Waals surface area contributed by atoms with Gasteiger partial charge in [-0.1, -0.05) is 18.2 Å². The fourth-order valence-corrected chi connectivity index (χ4v) is 4.39. The van der Waals surface area contributed by atoms with E-state index in [0.29, 0.717) is 35.6 Å². The minimum Gasteiger partial charge on any atom is -0.339 e. The van der Waals surface area contributed by atoms with Gasteiger partial charge in [0.1, 0.15) is 5.82 Å². The third kappa shape index (κ3) is 6.41. The quantitative estimate of drug-likeness (QED) is 0.475. The van der Waals surface area contributed by atoms with Crippen molar-refractivity contribution in [2.24, 2.45) is 0 Å². The van der Waals surface area contributed by atoms with Gasteiger partial charge in [-0.05, 0) is 74.0 Å². The number of hydrogen-bond acceptors (Lipinski definition) is 4. The summed E-state index contributed by atoms with van der Waals surface area (Å²) in [6.45, 7) is 5.02. The molecule has 0 aromatic heterocycles. The van der Waals surface area contributed by atoms with Crippen molar-refractivity contribution in [2.75, 3.05) is 23.1 Å². The van der Waals surface area contributed by atoms with Crippen LogP contribution in [-0.2, 0) is 21.2 Å². The number of nitrogens with one attached hydrogen (secondary N) is 2. The number of benzene rings is 3. The molecule has 3 aromatic rings. The van der Waals surface area contributed by atoms with E-state index in [9.17, 15) is 22.4 Å². The van der Waals surface area contributed by atoms with Crippen molar-refractivity contribution >= 4 is 33.2 Å². The molecule has 0 saturated heterocycles. The van der Waals surface area contributed by atoms with Crippen molar-refractivity contribution in [1.29, 1.82) is 0 Å². The summed E-state index contributed by atoms with van der Waals surface area (Å²) in [5.74, 6) is -0.893. The van der Waals surface area contributed by atoms with Gasteiger partial charge < -0.3 is 10.2 Å². The van der Waals surface area contributed by atoms with E-state index in [1.54, 1.807) is 53.4 Å². The lowest BCUT2D eigenvalue weighted by Gasteiger charge is -2.19. The molecule has 2 N–H and O–H groups in total. The fraction of sp³-hybridized carbons (Fsp3) is 0.200. The average molecular weight is 484 g/mol. The summed E-state index contributed by atoms with van der Waals surface area (Å²) in [7, 11) is -3.85. The van der Waals surface area contributed by atoms with Crippen LogP contribution in [0.15, 0.2) is 77.7 Å². The van der Waals surface area contributed by atoms with Crippen LogP contribution in [0.1, 0.15) is 29.8 Å². The van der Waals surface area contributed by atoms with Gasteiger partial charge >= 0.3 is 0 Å². The third-order valence-corrected chi connectivity index (χ3v) is 6.54. The van der Waals surface area contributed by atoms with E-state index in [4.69, 9.17) is 0 Å². The Morgan fingerprint density at radius 2 is 1.53 bits per heavy atom. The molecule has 178 valence electrons. The first-order valence-electron chi connectivity index (χ1n) is 10.8. The number of rotatable bonds is 9. The molecule has 0 aliphatic carbocycles. The predicted octanol–water partition coefficient (Wildman–Crippen LogP) is 4.29. The van der Waals surface area contributed by atoms with E-state index in [1.807, 2.05) is 13.8 Å². The molecule has 34 heavy (non-hydrogen) atoms. The number of hydrogen-bond donors (Lipinski definition) is 2. The molecule has 0 heterocycles. The molecule has 9 heteroatoms. The molecule has 0 unspecified atom stereocenters. The first kappa shape index (κ1) is 24.9. The molecule has 0 fully saturated rings. The predicted molar refractivity (Wildman–Crippen MR) is 130 cm³/mol. The van der Waals surface area contributed by atoms with Crippen molar-refractivity contribution in [3.63, 3.8) is 0 Å².